The van der Waals surface area contributed by atoms with Gasteiger partial charge in [0.05, 0.1) is 0 Å². The van der Waals surface area contributed by atoms with Crippen LogP contribution in [0.2, 0.25) is 0 Å². The number of rotatable bonds is 6. The summed E-state index contributed by atoms with van der Waals surface area (Å²) in [6.45, 7) is 7.68. The van der Waals surface area contributed by atoms with Crippen LogP contribution in [-0.2, 0) is 13.5 Å². The van der Waals surface area contributed by atoms with Crippen LogP contribution >= 0.6 is 0 Å². The Morgan fingerprint density at radius 3 is 2.67 bits per heavy atom. The Hall–Kier alpha value is -0.900. The SMILES string of the molecule is CC(C)CC(C)NCCc1ncn(C)n1. The molecular formula is C11H22N4. The largest absolute Gasteiger partial charge is 0.314 e. The van der Waals surface area contributed by atoms with Gasteiger partial charge in [0.1, 0.15) is 6.33 Å². The summed E-state index contributed by atoms with van der Waals surface area (Å²) >= 11 is 0. The van der Waals surface area contributed by atoms with Gasteiger partial charge in [0, 0.05) is 26.1 Å². The zero-order chi connectivity index (χ0) is 11.3. The molecule has 0 saturated carbocycles. The third-order valence-corrected chi connectivity index (χ3v) is 2.31. The van der Waals surface area contributed by atoms with Crippen LogP contribution in [-0.4, -0.2) is 27.4 Å². The van der Waals surface area contributed by atoms with E-state index in [1.807, 2.05) is 7.05 Å². The first-order valence-electron chi connectivity index (χ1n) is 5.66. The second kappa shape index (κ2) is 5.85. The van der Waals surface area contributed by atoms with Crippen molar-refractivity contribution in [2.75, 3.05) is 6.54 Å². The lowest BCUT2D eigenvalue weighted by Crippen LogP contribution is -2.29. The lowest BCUT2D eigenvalue weighted by Gasteiger charge is -2.15. The van der Waals surface area contributed by atoms with Crippen molar-refractivity contribution in [3.05, 3.63) is 12.2 Å². The fourth-order valence-electron chi connectivity index (χ4n) is 1.72. The van der Waals surface area contributed by atoms with Crippen LogP contribution in [0.1, 0.15) is 33.0 Å². The van der Waals surface area contributed by atoms with E-state index in [0.717, 1.165) is 24.7 Å². The van der Waals surface area contributed by atoms with E-state index in [-0.39, 0.29) is 0 Å². The minimum absolute atomic E-state index is 0.578. The van der Waals surface area contributed by atoms with E-state index in [1.54, 1.807) is 11.0 Å². The van der Waals surface area contributed by atoms with E-state index in [0.29, 0.717) is 6.04 Å². The van der Waals surface area contributed by atoms with E-state index in [9.17, 15) is 0 Å². The first kappa shape index (κ1) is 12.2. The summed E-state index contributed by atoms with van der Waals surface area (Å²) in [5.41, 5.74) is 0. The molecule has 15 heavy (non-hydrogen) atoms. The van der Waals surface area contributed by atoms with Crippen molar-refractivity contribution in [3.8, 4) is 0 Å². The average molecular weight is 210 g/mol. The highest BCUT2D eigenvalue weighted by molar-refractivity contribution is 4.82. The molecule has 86 valence electrons. The van der Waals surface area contributed by atoms with E-state index < -0.39 is 0 Å². The summed E-state index contributed by atoms with van der Waals surface area (Å²) in [5, 5.41) is 7.72. The molecule has 1 rings (SSSR count). The molecule has 1 N–H and O–H groups in total. The smallest absolute Gasteiger partial charge is 0.151 e. The molecule has 1 atom stereocenters. The van der Waals surface area contributed by atoms with Gasteiger partial charge in [0.2, 0.25) is 0 Å². The third kappa shape index (κ3) is 4.93. The van der Waals surface area contributed by atoms with Crippen molar-refractivity contribution >= 4 is 0 Å². The van der Waals surface area contributed by atoms with E-state index in [1.165, 1.54) is 6.42 Å². The molecule has 4 heteroatoms. The van der Waals surface area contributed by atoms with Crippen LogP contribution in [0, 0.1) is 5.92 Å². The molecule has 0 fully saturated rings. The quantitative estimate of drug-likeness (QED) is 0.771. The van der Waals surface area contributed by atoms with Gasteiger partial charge in [-0.3, -0.25) is 4.68 Å². The second-order valence-corrected chi connectivity index (χ2v) is 4.57. The number of hydrogen-bond acceptors (Lipinski definition) is 3. The minimum atomic E-state index is 0.578. The van der Waals surface area contributed by atoms with Gasteiger partial charge in [-0.2, -0.15) is 5.10 Å². The zero-order valence-corrected chi connectivity index (χ0v) is 10.2. The molecule has 0 aliphatic heterocycles. The fourth-order valence-corrected chi connectivity index (χ4v) is 1.72. The van der Waals surface area contributed by atoms with Gasteiger partial charge in [0.15, 0.2) is 5.82 Å². The van der Waals surface area contributed by atoms with Gasteiger partial charge in [-0.25, -0.2) is 4.98 Å². The molecule has 0 saturated heterocycles. The predicted octanol–water partition coefficient (Wildman–Crippen LogP) is 1.38. The molecule has 0 bridgehead atoms. The molecule has 4 nitrogen and oxygen atoms in total. The van der Waals surface area contributed by atoms with Gasteiger partial charge in [-0.15, -0.1) is 0 Å². The second-order valence-electron chi connectivity index (χ2n) is 4.57. The Morgan fingerprint density at radius 1 is 1.40 bits per heavy atom. The van der Waals surface area contributed by atoms with Crippen molar-refractivity contribution < 1.29 is 0 Å². The highest BCUT2D eigenvalue weighted by atomic mass is 15.3. The number of nitrogens with one attached hydrogen (secondary N) is 1. The zero-order valence-electron chi connectivity index (χ0n) is 10.2. The first-order valence-corrected chi connectivity index (χ1v) is 5.66. The van der Waals surface area contributed by atoms with Gasteiger partial charge in [0.25, 0.3) is 0 Å². The van der Waals surface area contributed by atoms with Crippen LogP contribution in [0.4, 0.5) is 0 Å². The molecule has 0 spiro atoms. The van der Waals surface area contributed by atoms with E-state index in [4.69, 9.17) is 0 Å². The number of hydrogen-bond donors (Lipinski definition) is 1. The highest BCUT2D eigenvalue weighted by Crippen LogP contribution is 2.03. The summed E-state index contributed by atoms with van der Waals surface area (Å²) in [6.07, 6.45) is 3.87. The summed E-state index contributed by atoms with van der Waals surface area (Å²) in [6, 6.07) is 0.578. The van der Waals surface area contributed by atoms with Crippen molar-refractivity contribution in [2.24, 2.45) is 13.0 Å². The Labute approximate surface area is 92.1 Å². The maximum absolute atomic E-state index is 4.23. The number of nitrogens with zero attached hydrogens (tertiary/aromatic N) is 3. The van der Waals surface area contributed by atoms with Crippen molar-refractivity contribution in [1.29, 1.82) is 0 Å². The van der Waals surface area contributed by atoms with Crippen LogP contribution in [0.25, 0.3) is 0 Å². The monoisotopic (exact) mass is 210 g/mol. The van der Waals surface area contributed by atoms with Crippen molar-refractivity contribution in [3.63, 3.8) is 0 Å². The van der Waals surface area contributed by atoms with Crippen molar-refractivity contribution in [1.82, 2.24) is 20.1 Å². The van der Waals surface area contributed by atoms with E-state index in [2.05, 4.69) is 36.2 Å². The van der Waals surface area contributed by atoms with E-state index >= 15 is 0 Å². The van der Waals surface area contributed by atoms with Gasteiger partial charge < -0.3 is 5.32 Å². The van der Waals surface area contributed by atoms with Gasteiger partial charge in [-0.1, -0.05) is 13.8 Å². The Bertz CT molecular complexity index is 280. The predicted molar refractivity (Wildman–Crippen MR) is 61.6 cm³/mol. The number of aromatic nitrogens is 3. The van der Waals surface area contributed by atoms with Crippen LogP contribution < -0.4 is 5.32 Å². The third-order valence-electron chi connectivity index (χ3n) is 2.31. The molecule has 0 aliphatic rings. The van der Waals surface area contributed by atoms with Crippen molar-refractivity contribution in [2.45, 2.75) is 39.7 Å². The van der Waals surface area contributed by atoms with Crippen LogP contribution in [0.3, 0.4) is 0 Å². The number of aryl methyl sites for hydroxylation is 1. The topological polar surface area (TPSA) is 42.7 Å². The molecule has 1 heterocycles. The normalized spacial score (nSPS) is 13.4. The Kier molecular flexibility index (Phi) is 4.75. The summed E-state index contributed by atoms with van der Waals surface area (Å²) in [5.74, 6) is 1.67. The van der Waals surface area contributed by atoms with Gasteiger partial charge >= 0.3 is 0 Å². The summed E-state index contributed by atoms with van der Waals surface area (Å²) in [4.78, 5) is 4.19. The summed E-state index contributed by atoms with van der Waals surface area (Å²) < 4.78 is 1.74. The molecule has 0 aromatic carbocycles. The molecule has 1 unspecified atom stereocenters. The standard InChI is InChI=1S/C11H22N4/c1-9(2)7-10(3)12-6-5-11-13-8-15(4)14-11/h8-10,12H,5-7H2,1-4H3. The first-order chi connectivity index (χ1) is 7.08. The molecular weight excluding hydrogens is 188 g/mol. The van der Waals surface area contributed by atoms with Crippen LogP contribution in [0.5, 0.6) is 0 Å². The minimum Gasteiger partial charge on any atom is -0.314 e. The molecule has 0 amide bonds. The average Bonchev–Trinajstić information content (AvgIpc) is 2.50. The van der Waals surface area contributed by atoms with Gasteiger partial charge in [-0.05, 0) is 19.3 Å². The molecule has 0 radical (unpaired) electrons. The fraction of sp³-hybridized carbons (Fsp3) is 0.818. The molecule has 1 aromatic rings. The maximum atomic E-state index is 4.23. The molecule has 1 aromatic heterocycles. The maximum Gasteiger partial charge on any atom is 0.151 e. The lowest BCUT2D eigenvalue weighted by atomic mass is 10.1. The Balaban J connectivity index is 2.16. The summed E-state index contributed by atoms with van der Waals surface area (Å²) in [7, 11) is 1.89. The molecule has 0 aliphatic carbocycles. The van der Waals surface area contributed by atoms with Crippen LogP contribution in [0.15, 0.2) is 6.33 Å². The lowest BCUT2D eigenvalue weighted by molar-refractivity contribution is 0.443. The highest BCUT2D eigenvalue weighted by Gasteiger charge is 2.04. The Morgan fingerprint density at radius 2 is 2.13 bits per heavy atom.